The SMILES string of the molecule is CCCNC(=O)[C@@H](CC)N(Cc1ccc(F)cc1)C(=O)CN(c1ccc(F)cc1)S(C)(=O)=O. The minimum atomic E-state index is -3.89. The lowest BCUT2D eigenvalue weighted by Crippen LogP contribution is -2.52. The zero-order valence-electron chi connectivity index (χ0n) is 18.9. The molecular formula is C23H29F2N3O4S. The average Bonchev–Trinajstić information content (AvgIpc) is 2.77. The molecule has 0 heterocycles. The van der Waals surface area contributed by atoms with E-state index in [0.29, 0.717) is 18.5 Å². The highest BCUT2D eigenvalue weighted by Gasteiger charge is 2.31. The first-order valence-corrected chi connectivity index (χ1v) is 12.5. The number of hydrogen-bond donors (Lipinski definition) is 1. The van der Waals surface area contributed by atoms with E-state index in [-0.39, 0.29) is 24.6 Å². The number of benzene rings is 2. The summed E-state index contributed by atoms with van der Waals surface area (Å²) in [5.74, 6) is -1.96. The summed E-state index contributed by atoms with van der Waals surface area (Å²) < 4.78 is 52.4. The summed E-state index contributed by atoms with van der Waals surface area (Å²) in [6.07, 6.45) is 1.94. The van der Waals surface area contributed by atoms with Crippen molar-refractivity contribution in [3.8, 4) is 0 Å². The molecule has 2 amide bonds. The largest absolute Gasteiger partial charge is 0.354 e. The summed E-state index contributed by atoms with van der Waals surface area (Å²) in [5, 5.41) is 2.77. The lowest BCUT2D eigenvalue weighted by atomic mass is 10.1. The molecule has 0 spiro atoms. The van der Waals surface area contributed by atoms with Crippen LogP contribution in [0.3, 0.4) is 0 Å². The smallest absolute Gasteiger partial charge is 0.244 e. The van der Waals surface area contributed by atoms with E-state index in [1.807, 2.05) is 6.92 Å². The summed E-state index contributed by atoms with van der Waals surface area (Å²) in [6, 6.07) is 9.36. The van der Waals surface area contributed by atoms with Gasteiger partial charge in [-0.1, -0.05) is 26.0 Å². The first kappa shape index (κ1) is 26.2. The van der Waals surface area contributed by atoms with Crippen LogP contribution in [0.2, 0.25) is 0 Å². The predicted octanol–water partition coefficient (Wildman–Crippen LogP) is 3.06. The van der Waals surface area contributed by atoms with Gasteiger partial charge in [-0.05, 0) is 54.8 Å². The third-order valence-electron chi connectivity index (χ3n) is 5.00. The number of nitrogens with one attached hydrogen (secondary N) is 1. The second kappa shape index (κ2) is 11.7. The van der Waals surface area contributed by atoms with Gasteiger partial charge in [0.05, 0.1) is 11.9 Å². The van der Waals surface area contributed by atoms with Crippen molar-refractivity contribution in [1.29, 1.82) is 0 Å². The maximum Gasteiger partial charge on any atom is 0.244 e. The van der Waals surface area contributed by atoms with Crippen molar-refractivity contribution in [3.05, 3.63) is 65.7 Å². The average molecular weight is 482 g/mol. The van der Waals surface area contributed by atoms with Crippen molar-refractivity contribution in [1.82, 2.24) is 10.2 Å². The Hall–Kier alpha value is -3.01. The molecule has 0 aliphatic rings. The normalized spacial score (nSPS) is 12.2. The molecule has 0 aromatic heterocycles. The van der Waals surface area contributed by atoms with E-state index in [1.165, 1.54) is 41.3 Å². The molecule has 0 radical (unpaired) electrons. The predicted molar refractivity (Wildman–Crippen MR) is 123 cm³/mol. The minimum absolute atomic E-state index is 0.0157. The Labute approximate surface area is 193 Å². The van der Waals surface area contributed by atoms with E-state index in [0.717, 1.165) is 22.7 Å². The van der Waals surface area contributed by atoms with Gasteiger partial charge < -0.3 is 10.2 Å². The number of amides is 2. The molecule has 33 heavy (non-hydrogen) atoms. The van der Waals surface area contributed by atoms with Gasteiger partial charge in [-0.25, -0.2) is 17.2 Å². The van der Waals surface area contributed by atoms with Gasteiger partial charge in [0.2, 0.25) is 21.8 Å². The van der Waals surface area contributed by atoms with Crippen molar-refractivity contribution in [3.63, 3.8) is 0 Å². The lowest BCUT2D eigenvalue weighted by molar-refractivity contribution is -0.140. The fraction of sp³-hybridized carbons (Fsp3) is 0.391. The van der Waals surface area contributed by atoms with Crippen LogP contribution in [0, 0.1) is 11.6 Å². The molecule has 1 atom stereocenters. The van der Waals surface area contributed by atoms with Gasteiger partial charge in [0, 0.05) is 13.1 Å². The molecule has 2 aromatic carbocycles. The zero-order valence-corrected chi connectivity index (χ0v) is 19.7. The molecule has 7 nitrogen and oxygen atoms in total. The van der Waals surface area contributed by atoms with Crippen LogP contribution in [0.1, 0.15) is 32.3 Å². The fourth-order valence-electron chi connectivity index (χ4n) is 3.29. The molecule has 2 aromatic rings. The molecule has 180 valence electrons. The Bertz CT molecular complexity index is 1040. The van der Waals surface area contributed by atoms with Crippen molar-refractivity contribution in [2.45, 2.75) is 39.3 Å². The third-order valence-corrected chi connectivity index (χ3v) is 6.14. The van der Waals surface area contributed by atoms with Crippen LogP contribution in [0.4, 0.5) is 14.5 Å². The topological polar surface area (TPSA) is 86.8 Å². The molecule has 0 bridgehead atoms. The van der Waals surface area contributed by atoms with Crippen molar-refractivity contribution in [2.24, 2.45) is 0 Å². The minimum Gasteiger partial charge on any atom is -0.354 e. The summed E-state index contributed by atoms with van der Waals surface area (Å²) >= 11 is 0. The quantitative estimate of drug-likeness (QED) is 0.535. The monoisotopic (exact) mass is 481 g/mol. The molecule has 0 saturated heterocycles. The number of carbonyl (C=O) groups is 2. The van der Waals surface area contributed by atoms with Crippen LogP contribution >= 0.6 is 0 Å². The number of hydrogen-bond acceptors (Lipinski definition) is 4. The maximum absolute atomic E-state index is 13.4. The third kappa shape index (κ3) is 7.52. The highest BCUT2D eigenvalue weighted by atomic mass is 32.2. The summed E-state index contributed by atoms with van der Waals surface area (Å²) in [6.45, 7) is 3.48. The fourth-order valence-corrected chi connectivity index (χ4v) is 4.14. The summed E-state index contributed by atoms with van der Waals surface area (Å²) in [5.41, 5.74) is 0.705. The van der Waals surface area contributed by atoms with Crippen LogP contribution in [-0.2, 0) is 26.2 Å². The van der Waals surface area contributed by atoms with Crippen molar-refractivity contribution in [2.75, 3.05) is 23.7 Å². The number of carbonyl (C=O) groups excluding carboxylic acids is 2. The number of rotatable bonds is 11. The van der Waals surface area contributed by atoms with Gasteiger partial charge in [0.25, 0.3) is 0 Å². The van der Waals surface area contributed by atoms with Gasteiger partial charge in [0.1, 0.15) is 24.2 Å². The molecule has 0 fully saturated rings. The van der Waals surface area contributed by atoms with Gasteiger partial charge in [-0.3, -0.25) is 13.9 Å². The van der Waals surface area contributed by atoms with Crippen LogP contribution in [0.15, 0.2) is 48.5 Å². The van der Waals surface area contributed by atoms with Crippen LogP contribution in [0.25, 0.3) is 0 Å². The molecule has 1 N–H and O–H groups in total. The molecule has 10 heteroatoms. The first-order valence-electron chi connectivity index (χ1n) is 10.6. The number of anilines is 1. The van der Waals surface area contributed by atoms with Gasteiger partial charge in [0.15, 0.2) is 0 Å². The molecule has 0 unspecified atom stereocenters. The maximum atomic E-state index is 13.4. The lowest BCUT2D eigenvalue weighted by Gasteiger charge is -2.32. The standard InChI is InChI=1S/C23H29F2N3O4S/c1-4-14-26-23(30)21(5-2)27(15-17-6-8-18(24)9-7-17)22(29)16-28(33(3,31)32)20-12-10-19(25)11-13-20/h6-13,21H,4-5,14-16H2,1-3H3,(H,26,30)/t21-/m1/s1. The van der Waals surface area contributed by atoms with E-state index in [2.05, 4.69) is 5.32 Å². The van der Waals surface area contributed by atoms with E-state index in [4.69, 9.17) is 0 Å². The first-order chi connectivity index (χ1) is 15.6. The van der Waals surface area contributed by atoms with E-state index in [1.54, 1.807) is 6.92 Å². The number of nitrogens with zero attached hydrogens (tertiary/aromatic N) is 2. The zero-order chi connectivity index (χ0) is 24.6. The van der Waals surface area contributed by atoms with E-state index in [9.17, 15) is 26.8 Å². The molecule has 2 rings (SSSR count). The summed E-state index contributed by atoms with van der Waals surface area (Å²) in [7, 11) is -3.89. The van der Waals surface area contributed by atoms with Crippen LogP contribution in [-0.4, -0.2) is 50.5 Å². The van der Waals surface area contributed by atoms with E-state index >= 15 is 0 Å². The Morgan fingerprint density at radius 2 is 1.52 bits per heavy atom. The second-order valence-corrected chi connectivity index (χ2v) is 9.52. The van der Waals surface area contributed by atoms with Gasteiger partial charge in [-0.2, -0.15) is 0 Å². The van der Waals surface area contributed by atoms with Crippen molar-refractivity contribution < 1.29 is 26.8 Å². The Kier molecular flexibility index (Phi) is 9.33. The highest BCUT2D eigenvalue weighted by molar-refractivity contribution is 7.92. The van der Waals surface area contributed by atoms with Crippen LogP contribution in [0.5, 0.6) is 0 Å². The highest BCUT2D eigenvalue weighted by Crippen LogP contribution is 2.20. The number of halogens is 2. The van der Waals surface area contributed by atoms with Gasteiger partial charge in [-0.15, -0.1) is 0 Å². The molecule has 0 saturated carbocycles. The van der Waals surface area contributed by atoms with E-state index < -0.39 is 40.2 Å². The molecule has 0 aliphatic heterocycles. The van der Waals surface area contributed by atoms with Gasteiger partial charge >= 0.3 is 0 Å². The molecule has 0 aliphatic carbocycles. The number of sulfonamides is 1. The van der Waals surface area contributed by atoms with Crippen molar-refractivity contribution >= 4 is 27.5 Å². The Morgan fingerprint density at radius 3 is 2.00 bits per heavy atom. The Balaban J connectivity index is 2.39. The second-order valence-electron chi connectivity index (χ2n) is 7.61. The van der Waals surface area contributed by atoms with Crippen LogP contribution < -0.4 is 9.62 Å². The Morgan fingerprint density at radius 1 is 0.970 bits per heavy atom. The molecular weight excluding hydrogens is 452 g/mol. The summed E-state index contributed by atoms with van der Waals surface area (Å²) in [4.78, 5) is 27.4.